The molecule has 4 aliphatic carbocycles. The summed E-state index contributed by atoms with van der Waals surface area (Å²) >= 11 is 6.66. The van der Waals surface area contributed by atoms with Gasteiger partial charge in [0.05, 0.1) is 35.1 Å². The van der Waals surface area contributed by atoms with E-state index in [2.05, 4.69) is 29.7 Å². The van der Waals surface area contributed by atoms with Crippen LogP contribution in [0.1, 0.15) is 94.0 Å². The molecule has 0 aromatic heterocycles. The molecule has 4 atom stereocenters. The summed E-state index contributed by atoms with van der Waals surface area (Å²) in [6.07, 6.45) is 8.84. The summed E-state index contributed by atoms with van der Waals surface area (Å²) in [5.41, 5.74) is 0.896. The lowest BCUT2D eigenvalue weighted by Crippen LogP contribution is -2.51. The van der Waals surface area contributed by atoms with Crippen LogP contribution in [-0.4, -0.2) is 43.6 Å². The number of carbonyl (C=O) groups is 3. The third-order valence-corrected chi connectivity index (χ3v) is 12.6. The summed E-state index contributed by atoms with van der Waals surface area (Å²) in [5.74, 6) is 0.661. The molecule has 0 unspecified atom stereocenters. The van der Waals surface area contributed by atoms with Crippen molar-refractivity contribution >= 4 is 40.2 Å². The number of esters is 1. The number of nitrogens with one attached hydrogen (secondary N) is 2. The number of benzene rings is 3. The normalized spacial score (nSPS) is 28.0. The predicted octanol–water partition coefficient (Wildman–Crippen LogP) is 8.02. The Balaban J connectivity index is 0.975. The second-order valence-electron chi connectivity index (χ2n) is 15.8. The maximum absolute atomic E-state index is 13.9. The standard InChI is InChI=1S/C41H49ClN2O6/c1-40(16-7-17-40)24-43-38(46)35-26-12-13-27(20-26)36(35)44-37(45)31-21-34(32(42)22-33(31)48-3)50-29-14-18-41(2,19-15-29)39(47)49-23-28-10-6-9-25-8-4-5-11-30(25)28/h4-6,8-11,21-22,26-27,29,35-36H,7,12-20,23-24H2,1-3H3,(H,43,46)(H,44,45)/t26-,27+,29-,35+,36-,41+/m1/s1. The van der Waals surface area contributed by atoms with Crippen molar-refractivity contribution in [3.63, 3.8) is 0 Å². The third kappa shape index (κ3) is 6.92. The monoisotopic (exact) mass is 700 g/mol. The molecule has 3 aromatic carbocycles. The number of rotatable bonds is 11. The zero-order valence-corrected chi connectivity index (χ0v) is 30.2. The highest BCUT2D eigenvalue weighted by molar-refractivity contribution is 6.32. The number of amides is 2. The average molecular weight is 701 g/mol. The molecule has 0 radical (unpaired) electrons. The molecule has 2 amide bonds. The highest BCUT2D eigenvalue weighted by atomic mass is 35.5. The number of hydrogen-bond acceptors (Lipinski definition) is 6. The van der Waals surface area contributed by atoms with Crippen molar-refractivity contribution in [2.24, 2.45) is 28.6 Å². The van der Waals surface area contributed by atoms with Gasteiger partial charge < -0.3 is 24.8 Å². The van der Waals surface area contributed by atoms with Crippen LogP contribution in [0.4, 0.5) is 0 Å². The molecule has 3 aromatic rings. The van der Waals surface area contributed by atoms with Crippen LogP contribution in [0.15, 0.2) is 54.6 Å². The number of ether oxygens (including phenoxy) is 3. The minimum Gasteiger partial charge on any atom is -0.496 e. The number of methoxy groups -OCH3 is 1. The predicted molar refractivity (Wildman–Crippen MR) is 193 cm³/mol. The number of hydrogen-bond donors (Lipinski definition) is 2. The Kier molecular flexibility index (Phi) is 9.77. The molecule has 266 valence electrons. The van der Waals surface area contributed by atoms with Gasteiger partial charge in [-0.1, -0.05) is 67.4 Å². The lowest BCUT2D eigenvalue weighted by atomic mass is 9.70. The quantitative estimate of drug-likeness (QED) is 0.197. The molecule has 0 spiro atoms. The van der Waals surface area contributed by atoms with E-state index >= 15 is 0 Å². The van der Waals surface area contributed by atoms with Gasteiger partial charge in [-0.05, 0) is 104 Å². The van der Waals surface area contributed by atoms with Crippen molar-refractivity contribution in [3.8, 4) is 11.5 Å². The molecule has 4 saturated carbocycles. The van der Waals surface area contributed by atoms with Crippen molar-refractivity contribution in [2.75, 3.05) is 13.7 Å². The zero-order chi connectivity index (χ0) is 35.0. The van der Waals surface area contributed by atoms with Crippen LogP contribution in [-0.2, 0) is 20.9 Å². The molecule has 2 bridgehead atoms. The van der Waals surface area contributed by atoms with Crippen LogP contribution in [0.5, 0.6) is 11.5 Å². The van der Waals surface area contributed by atoms with E-state index in [1.54, 1.807) is 12.1 Å². The van der Waals surface area contributed by atoms with Crippen molar-refractivity contribution in [1.29, 1.82) is 0 Å². The van der Waals surface area contributed by atoms with Gasteiger partial charge in [-0.3, -0.25) is 14.4 Å². The molecule has 0 aliphatic heterocycles. The molecule has 7 rings (SSSR count). The van der Waals surface area contributed by atoms with Gasteiger partial charge >= 0.3 is 5.97 Å². The summed E-state index contributed by atoms with van der Waals surface area (Å²) < 4.78 is 17.9. The third-order valence-electron chi connectivity index (χ3n) is 12.3. The second-order valence-corrected chi connectivity index (χ2v) is 16.2. The Hall–Kier alpha value is -3.78. The lowest BCUT2D eigenvalue weighted by Gasteiger charge is -2.39. The second kappa shape index (κ2) is 14.1. The molecule has 9 heteroatoms. The molecular formula is C41H49ClN2O6. The first-order valence-electron chi connectivity index (χ1n) is 18.3. The first-order valence-corrected chi connectivity index (χ1v) is 18.7. The maximum atomic E-state index is 13.9. The SMILES string of the molecule is COc1cc(Cl)c(O[C@H]2CC[C@@](C)(C(=O)OCc3cccc4ccccc34)CC2)cc1C(=O)N[C@@H]1[C@H]2CC[C@H](C2)[C@@H]1C(=O)NCC1(C)CCC1. The van der Waals surface area contributed by atoms with Crippen molar-refractivity contribution in [2.45, 2.75) is 96.8 Å². The van der Waals surface area contributed by atoms with Gasteiger partial charge in [0.2, 0.25) is 5.91 Å². The molecule has 0 saturated heterocycles. The maximum Gasteiger partial charge on any atom is 0.312 e. The van der Waals surface area contributed by atoms with Crippen LogP contribution in [0.2, 0.25) is 5.02 Å². The smallest absolute Gasteiger partial charge is 0.312 e. The van der Waals surface area contributed by atoms with Crippen molar-refractivity contribution < 1.29 is 28.6 Å². The highest BCUT2D eigenvalue weighted by Gasteiger charge is 2.52. The minimum atomic E-state index is -0.613. The van der Waals surface area contributed by atoms with Gasteiger partial charge in [-0.2, -0.15) is 0 Å². The Labute approximate surface area is 299 Å². The first kappa shape index (κ1) is 34.7. The summed E-state index contributed by atoms with van der Waals surface area (Å²) in [5, 5.41) is 9.02. The Morgan fingerprint density at radius 3 is 2.38 bits per heavy atom. The molecule has 50 heavy (non-hydrogen) atoms. The molecule has 0 heterocycles. The van der Waals surface area contributed by atoms with Crippen LogP contribution in [0, 0.1) is 28.6 Å². The molecule has 2 N–H and O–H groups in total. The summed E-state index contributed by atoms with van der Waals surface area (Å²) in [6, 6.07) is 17.2. The van der Waals surface area contributed by atoms with Crippen LogP contribution < -0.4 is 20.1 Å². The Bertz CT molecular complexity index is 1760. The van der Waals surface area contributed by atoms with Gasteiger partial charge in [0.1, 0.15) is 18.1 Å². The number of halogens is 1. The Morgan fingerprint density at radius 1 is 0.900 bits per heavy atom. The fourth-order valence-electron chi connectivity index (χ4n) is 8.92. The van der Waals surface area contributed by atoms with Gasteiger partial charge in [-0.15, -0.1) is 0 Å². The van der Waals surface area contributed by atoms with E-state index in [1.807, 2.05) is 37.3 Å². The van der Waals surface area contributed by atoms with Crippen LogP contribution >= 0.6 is 11.6 Å². The lowest BCUT2D eigenvalue weighted by molar-refractivity contribution is -0.159. The minimum absolute atomic E-state index is 0.0597. The largest absolute Gasteiger partial charge is 0.496 e. The highest BCUT2D eigenvalue weighted by Crippen LogP contribution is 2.49. The fraction of sp³-hybridized carbons (Fsp3) is 0.537. The van der Waals surface area contributed by atoms with Gasteiger partial charge in [0.25, 0.3) is 5.91 Å². The van der Waals surface area contributed by atoms with E-state index in [0.717, 1.165) is 48.4 Å². The fourth-order valence-corrected chi connectivity index (χ4v) is 9.12. The van der Waals surface area contributed by atoms with Crippen molar-refractivity contribution in [1.82, 2.24) is 10.6 Å². The molecule has 4 aliphatic rings. The van der Waals surface area contributed by atoms with E-state index in [9.17, 15) is 14.4 Å². The van der Waals surface area contributed by atoms with Crippen LogP contribution in [0.25, 0.3) is 10.8 Å². The van der Waals surface area contributed by atoms with E-state index in [4.69, 9.17) is 25.8 Å². The first-order chi connectivity index (χ1) is 24.1. The van der Waals surface area contributed by atoms with Crippen molar-refractivity contribution in [3.05, 3.63) is 70.7 Å². The summed E-state index contributed by atoms with van der Waals surface area (Å²) in [6.45, 7) is 5.12. The zero-order valence-electron chi connectivity index (χ0n) is 29.4. The summed E-state index contributed by atoms with van der Waals surface area (Å²) in [4.78, 5) is 40.7. The molecule has 4 fully saturated rings. The Morgan fingerprint density at radius 2 is 1.64 bits per heavy atom. The van der Waals surface area contributed by atoms with E-state index in [-0.39, 0.29) is 59.7 Å². The number of fused-ring (bicyclic) bond motifs is 3. The van der Waals surface area contributed by atoms with Gasteiger partial charge in [0, 0.05) is 18.7 Å². The average Bonchev–Trinajstić information content (AvgIpc) is 3.72. The molecular weight excluding hydrogens is 652 g/mol. The van der Waals surface area contributed by atoms with E-state index < -0.39 is 5.41 Å². The van der Waals surface area contributed by atoms with Gasteiger partial charge in [-0.25, -0.2) is 0 Å². The van der Waals surface area contributed by atoms with Crippen LogP contribution in [0.3, 0.4) is 0 Å². The van der Waals surface area contributed by atoms with E-state index in [1.165, 1.54) is 13.5 Å². The van der Waals surface area contributed by atoms with Gasteiger partial charge in [0.15, 0.2) is 0 Å². The molecule has 8 nitrogen and oxygen atoms in total. The summed E-state index contributed by atoms with van der Waals surface area (Å²) in [7, 11) is 1.51. The van der Waals surface area contributed by atoms with E-state index in [0.29, 0.717) is 54.3 Å². The number of carbonyl (C=O) groups excluding carboxylic acids is 3. The topological polar surface area (TPSA) is 103 Å².